The van der Waals surface area contributed by atoms with Crippen molar-refractivity contribution in [1.29, 1.82) is 0 Å². The van der Waals surface area contributed by atoms with Crippen LogP contribution >= 0.6 is 0 Å². The van der Waals surface area contributed by atoms with Gasteiger partial charge >= 0.3 is 0 Å². The van der Waals surface area contributed by atoms with Crippen molar-refractivity contribution in [3.8, 4) is 11.3 Å². The van der Waals surface area contributed by atoms with E-state index in [1.54, 1.807) is 12.3 Å². The van der Waals surface area contributed by atoms with Crippen molar-refractivity contribution in [2.24, 2.45) is 0 Å². The number of halogens is 1. The third kappa shape index (κ3) is 3.85. The Morgan fingerprint density at radius 2 is 2.11 bits per heavy atom. The number of nitrogens with zero attached hydrogens (tertiary/aromatic N) is 1. The van der Waals surface area contributed by atoms with Crippen LogP contribution in [0.25, 0.3) is 17.3 Å². The quantitative estimate of drug-likeness (QED) is 0.503. The number of aryl methyl sites for hydroxylation is 1. The Morgan fingerprint density at radius 3 is 2.79 bits per heavy atom. The lowest BCUT2D eigenvalue weighted by atomic mass is 10.0. The van der Waals surface area contributed by atoms with Gasteiger partial charge in [-0.2, -0.15) is 0 Å². The second kappa shape index (κ2) is 8.85. The second-order valence-corrected chi connectivity index (χ2v) is 6.76. The van der Waals surface area contributed by atoms with Gasteiger partial charge in [0.15, 0.2) is 0 Å². The van der Waals surface area contributed by atoms with Crippen molar-refractivity contribution in [3.05, 3.63) is 71.4 Å². The molecule has 5 heteroatoms. The maximum absolute atomic E-state index is 14.3. The lowest BCUT2D eigenvalue weighted by molar-refractivity contribution is 0.613. The Bertz CT molecular complexity index is 975. The van der Waals surface area contributed by atoms with Crippen molar-refractivity contribution in [1.82, 2.24) is 15.3 Å². The summed E-state index contributed by atoms with van der Waals surface area (Å²) in [5.74, 6) is -0.194. The summed E-state index contributed by atoms with van der Waals surface area (Å²) in [5, 5.41) is 6.68. The van der Waals surface area contributed by atoms with Crippen LogP contribution in [0.15, 0.2) is 43.2 Å². The summed E-state index contributed by atoms with van der Waals surface area (Å²) in [7, 11) is 1.93. The van der Waals surface area contributed by atoms with Crippen LogP contribution in [0.2, 0.25) is 0 Å². The molecule has 0 amide bonds. The van der Waals surface area contributed by atoms with Crippen molar-refractivity contribution in [3.63, 3.8) is 0 Å². The van der Waals surface area contributed by atoms with Crippen LogP contribution in [-0.2, 0) is 12.8 Å². The third-order valence-electron chi connectivity index (χ3n) is 4.97. The van der Waals surface area contributed by atoms with Gasteiger partial charge in [0.05, 0.1) is 11.4 Å². The first kappa shape index (κ1) is 19.8. The van der Waals surface area contributed by atoms with E-state index in [4.69, 9.17) is 0 Å². The normalized spacial score (nSPS) is 10.9. The molecule has 1 aromatic carbocycles. The van der Waals surface area contributed by atoms with E-state index >= 15 is 0 Å². The van der Waals surface area contributed by atoms with Crippen LogP contribution in [0.1, 0.15) is 29.3 Å². The fourth-order valence-electron chi connectivity index (χ4n) is 3.49. The Hall–Kier alpha value is -2.92. The van der Waals surface area contributed by atoms with E-state index < -0.39 is 0 Å². The molecule has 0 unspecified atom stereocenters. The molecule has 0 saturated heterocycles. The van der Waals surface area contributed by atoms with Crippen LogP contribution in [0.4, 0.5) is 15.8 Å². The Balaban J connectivity index is 2.18. The zero-order valence-electron chi connectivity index (χ0n) is 16.7. The Morgan fingerprint density at radius 1 is 1.29 bits per heavy atom. The van der Waals surface area contributed by atoms with E-state index in [1.165, 1.54) is 6.07 Å². The van der Waals surface area contributed by atoms with Crippen LogP contribution in [0.5, 0.6) is 0 Å². The number of hydrogen-bond acceptors (Lipinski definition) is 3. The van der Waals surface area contributed by atoms with Crippen LogP contribution in [-0.4, -0.2) is 23.6 Å². The van der Waals surface area contributed by atoms with E-state index in [9.17, 15) is 4.39 Å². The van der Waals surface area contributed by atoms with Crippen molar-refractivity contribution >= 4 is 17.5 Å². The minimum atomic E-state index is -0.194. The molecule has 0 spiro atoms. The fraction of sp³-hybridized carbons (Fsp3) is 0.261. The molecule has 0 aliphatic rings. The molecule has 0 aliphatic carbocycles. The first-order valence-corrected chi connectivity index (χ1v) is 9.57. The highest BCUT2D eigenvalue weighted by molar-refractivity contribution is 5.88. The zero-order valence-corrected chi connectivity index (χ0v) is 16.7. The standard InChI is InChI=1S/C23H27FN4/c1-5-16-19(24)8-7-9-20(16)27-22-17(6-2)21(11-12-25-4)28-23(22)18-10-13-26-14-15(18)3/h6-10,13-14,25,27-28H,2,5,11-12H2,1,3-4H3. The van der Waals surface area contributed by atoms with E-state index in [0.29, 0.717) is 12.0 Å². The van der Waals surface area contributed by atoms with Crippen LogP contribution in [0, 0.1) is 12.7 Å². The summed E-state index contributed by atoms with van der Waals surface area (Å²) in [6.45, 7) is 8.86. The molecule has 4 nitrogen and oxygen atoms in total. The van der Waals surface area contributed by atoms with Gasteiger partial charge in [0.1, 0.15) is 5.82 Å². The number of aromatic nitrogens is 2. The number of anilines is 2. The number of benzene rings is 1. The molecule has 28 heavy (non-hydrogen) atoms. The number of nitrogens with one attached hydrogen (secondary N) is 3. The van der Waals surface area contributed by atoms with Crippen molar-refractivity contribution < 1.29 is 4.39 Å². The van der Waals surface area contributed by atoms with E-state index in [0.717, 1.165) is 52.4 Å². The molecule has 2 heterocycles. The maximum Gasteiger partial charge on any atom is 0.128 e. The first-order valence-electron chi connectivity index (χ1n) is 9.57. The van der Waals surface area contributed by atoms with Gasteiger partial charge in [0.2, 0.25) is 0 Å². The molecule has 3 aromatic rings. The summed E-state index contributed by atoms with van der Waals surface area (Å²) < 4.78 is 14.3. The smallest absolute Gasteiger partial charge is 0.128 e. The number of aromatic amines is 1. The van der Waals surface area contributed by atoms with Gasteiger partial charge in [-0.1, -0.05) is 25.6 Å². The molecule has 0 bridgehead atoms. The monoisotopic (exact) mass is 378 g/mol. The lowest BCUT2D eigenvalue weighted by Gasteiger charge is -2.14. The van der Waals surface area contributed by atoms with Crippen LogP contribution in [0.3, 0.4) is 0 Å². The summed E-state index contributed by atoms with van der Waals surface area (Å²) in [6, 6.07) is 7.14. The number of H-pyrrole nitrogens is 1. The number of rotatable bonds is 8. The summed E-state index contributed by atoms with van der Waals surface area (Å²) in [6.07, 6.45) is 6.93. The van der Waals surface area contributed by atoms with Gasteiger partial charge in [-0.05, 0) is 44.2 Å². The molecule has 3 N–H and O–H groups in total. The van der Waals surface area contributed by atoms with Gasteiger partial charge in [-0.25, -0.2) is 4.39 Å². The van der Waals surface area contributed by atoms with Gasteiger partial charge in [0, 0.05) is 53.4 Å². The molecule has 0 radical (unpaired) electrons. The van der Waals surface area contributed by atoms with Gasteiger partial charge in [-0.15, -0.1) is 0 Å². The van der Waals surface area contributed by atoms with Crippen molar-refractivity contribution in [2.75, 3.05) is 18.9 Å². The largest absolute Gasteiger partial charge is 0.356 e. The predicted molar refractivity (Wildman–Crippen MR) is 116 cm³/mol. The topological polar surface area (TPSA) is 52.7 Å². The highest BCUT2D eigenvalue weighted by Gasteiger charge is 2.19. The van der Waals surface area contributed by atoms with Gasteiger partial charge in [0.25, 0.3) is 0 Å². The van der Waals surface area contributed by atoms with Gasteiger partial charge in [-0.3, -0.25) is 4.98 Å². The average Bonchev–Trinajstić information content (AvgIpc) is 3.04. The molecule has 0 atom stereocenters. The third-order valence-corrected chi connectivity index (χ3v) is 4.97. The second-order valence-electron chi connectivity index (χ2n) is 6.76. The molecular weight excluding hydrogens is 351 g/mol. The zero-order chi connectivity index (χ0) is 20.1. The van der Waals surface area contributed by atoms with E-state index in [-0.39, 0.29) is 5.82 Å². The fourth-order valence-corrected chi connectivity index (χ4v) is 3.49. The molecule has 0 aliphatic heterocycles. The molecule has 0 saturated carbocycles. The summed E-state index contributed by atoms with van der Waals surface area (Å²) in [4.78, 5) is 7.78. The molecular formula is C23H27FN4. The van der Waals surface area contributed by atoms with Crippen molar-refractivity contribution in [2.45, 2.75) is 26.7 Å². The minimum absolute atomic E-state index is 0.194. The first-order chi connectivity index (χ1) is 13.6. The number of hydrogen-bond donors (Lipinski definition) is 3. The summed E-state index contributed by atoms with van der Waals surface area (Å²) in [5.41, 5.74) is 7.55. The minimum Gasteiger partial charge on any atom is -0.356 e. The SMILES string of the molecule is C=Cc1c(CCNC)[nH]c(-c2ccncc2C)c1Nc1cccc(F)c1CC. The molecule has 3 rings (SSSR count). The summed E-state index contributed by atoms with van der Waals surface area (Å²) >= 11 is 0. The lowest BCUT2D eigenvalue weighted by Crippen LogP contribution is -2.11. The highest BCUT2D eigenvalue weighted by atomic mass is 19.1. The average molecular weight is 378 g/mol. The number of likely N-dealkylation sites (N-methyl/N-ethyl adjacent to an activating group) is 1. The van der Waals surface area contributed by atoms with Crippen LogP contribution < -0.4 is 10.6 Å². The Labute approximate surface area is 165 Å². The Kier molecular flexibility index (Phi) is 6.26. The van der Waals surface area contributed by atoms with E-state index in [1.807, 2.05) is 45.3 Å². The molecule has 0 fully saturated rings. The number of pyridine rings is 1. The molecule has 2 aromatic heterocycles. The van der Waals surface area contributed by atoms with Gasteiger partial charge < -0.3 is 15.6 Å². The maximum atomic E-state index is 14.3. The highest BCUT2D eigenvalue weighted by Crippen LogP contribution is 2.38. The molecule has 146 valence electrons. The van der Waals surface area contributed by atoms with E-state index in [2.05, 4.69) is 27.2 Å². The predicted octanol–water partition coefficient (Wildman–Crippen LogP) is 5.24.